The van der Waals surface area contributed by atoms with Gasteiger partial charge in [0.25, 0.3) is 0 Å². The molecule has 0 amide bonds. The third-order valence-electron chi connectivity index (χ3n) is 1.41. The van der Waals surface area contributed by atoms with Crippen LogP contribution < -0.4 is 5.73 Å². The molecule has 2 nitrogen and oxygen atoms in total. The van der Waals surface area contributed by atoms with Crippen LogP contribution in [0.3, 0.4) is 0 Å². The van der Waals surface area contributed by atoms with Gasteiger partial charge in [-0.3, -0.25) is 0 Å². The van der Waals surface area contributed by atoms with Gasteiger partial charge in [-0.05, 0) is 25.3 Å². The zero-order valence-electron chi connectivity index (χ0n) is 7.15. The molecule has 0 aliphatic heterocycles. The molecule has 0 aliphatic carbocycles. The van der Waals surface area contributed by atoms with Crippen molar-refractivity contribution in [3.8, 4) is 0 Å². The highest BCUT2D eigenvalue weighted by Gasteiger charge is 2.06. The van der Waals surface area contributed by atoms with Crippen LogP contribution >= 0.6 is 0 Å². The predicted octanol–water partition coefficient (Wildman–Crippen LogP) is 1.91. The van der Waals surface area contributed by atoms with Crippen molar-refractivity contribution in [3.05, 3.63) is 11.3 Å². The maximum absolute atomic E-state index is 7.37. The van der Waals surface area contributed by atoms with E-state index in [0.717, 1.165) is 11.3 Å². The lowest BCUT2D eigenvalue weighted by Gasteiger charge is -2.10. The molecule has 0 aromatic rings. The Morgan fingerprint density at radius 1 is 1.30 bits per heavy atom. The first-order chi connectivity index (χ1) is 4.46. The van der Waals surface area contributed by atoms with Gasteiger partial charge in [0.05, 0.1) is 0 Å². The summed E-state index contributed by atoms with van der Waals surface area (Å²) < 4.78 is 0. The first-order valence-electron chi connectivity index (χ1n) is 3.48. The fourth-order valence-corrected chi connectivity index (χ4v) is 1.18. The average Bonchev–Trinajstić information content (AvgIpc) is 1.59. The first-order valence-corrected chi connectivity index (χ1v) is 3.48. The van der Waals surface area contributed by atoms with E-state index in [1.54, 1.807) is 6.92 Å². The monoisotopic (exact) mass is 140 g/mol. The van der Waals surface area contributed by atoms with Crippen LogP contribution in [-0.4, -0.2) is 5.71 Å². The van der Waals surface area contributed by atoms with Crippen LogP contribution in [0.15, 0.2) is 11.3 Å². The third-order valence-corrected chi connectivity index (χ3v) is 1.41. The van der Waals surface area contributed by atoms with Gasteiger partial charge in [-0.2, -0.15) is 0 Å². The minimum atomic E-state index is 0.363. The minimum absolute atomic E-state index is 0.363. The van der Waals surface area contributed by atoms with E-state index in [1.165, 1.54) is 0 Å². The maximum Gasteiger partial charge on any atom is 0.0334 e. The van der Waals surface area contributed by atoms with Crippen molar-refractivity contribution in [3.63, 3.8) is 0 Å². The van der Waals surface area contributed by atoms with Gasteiger partial charge in [-0.1, -0.05) is 13.8 Å². The van der Waals surface area contributed by atoms with E-state index >= 15 is 0 Å². The van der Waals surface area contributed by atoms with Crippen molar-refractivity contribution in [2.75, 3.05) is 0 Å². The van der Waals surface area contributed by atoms with E-state index in [9.17, 15) is 0 Å². The molecule has 0 radical (unpaired) electrons. The Morgan fingerprint density at radius 2 is 1.70 bits per heavy atom. The normalized spacial score (nSPS) is 13.3. The molecule has 58 valence electrons. The number of hydrogen-bond donors (Lipinski definition) is 2. The third kappa shape index (κ3) is 2.21. The molecule has 0 bridgehead atoms. The van der Waals surface area contributed by atoms with Gasteiger partial charge in [0.1, 0.15) is 0 Å². The molecule has 2 heteroatoms. The van der Waals surface area contributed by atoms with E-state index < -0.39 is 0 Å². The largest absolute Gasteiger partial charge is 0.402 e. The Balaban J connectivity index is 4.61. The fraction of sp³-hybridized carbons (Fsp3) is 0.625. The fourth-order valence-electron chi connectivity index (χ4n) is 1.18. The second kappa shape index (κ2) is 3.40. The molecule has 0 fully saturated rings. The average molecular weight is 140 g/mol. The van der Waals surface area contributed by atoms with Gasteiger partial charge < -0.3 is 11.1 Å². The summed E-state index contributed by atoms with van der Waals surface area (Å²) in [4.78, 5) is 0. The Bertz CT molecular complexity index is 162. The number of hydrogen-bond acceptors (Lipinski definition) is 2. The van der Waals surface area contributed by atoms with Crippen LogP contribution in [0.25, 0.3) is 0 Å². The van der Waals surface area contributed by atoms with Crippen molar-refractivity contribution in [1.82, 2.24) is 0 Å². The Morgan fingerprint density at radius 3 is 1.70 bits per heavy atom. The van der Waals surface area contributed by atoms with Gasteiger partial charge in [-0.15, -0.1) is 0 Å². The molecule has 0 saturated heterocycles. The molecule has 0 rings (SSSR count). The molecule has 0 unspecified atom stereocenters. The number of nitrogens with two attached hydrogens (primary N) is 1. The molecule has 0 spiro atoms. The molecule has 3 N–H and O–H groups in total. The number of rotatable bonds is 2. The van der Waals surface area contributed by atoms with Gasteiger partial charge in [0.15, 0.2) is 0 Å². The minimum Gasteiger partial charge on any atom is -0.402 e. The highest BCUT2D eigenvalue weighted by molar-refractivity contribution is 5.96. The molecule has 0 aromatic heterocycles. The van der Waals surface area contributed by atoms with E-state index in [-0.39, 0.29) is 0 Å². The Kier molecular flexibility index (Phi) is 3.13. The predicted molar refractivity (Wildman–Crippen MR) is 45.1 cm³/mol. The summed E-state index contributed by atoms with van der Waals surface area (Å²) in [5.41, 5.74) is 7.89. The zero-order valence-corrected chi connectivity index (χ0v) is 7.15. The molecule has 0 atom stereocenters. The lowest BCUT2D eigenvalue weighted by atomic mass is 9.98. The van der Waals surface area contributed by atoms with Crippen molar-refractivity contribution < 1.29 is 0 Å². The van der Waals surface area contributed by atoms with Gasteiger partial charge in [0.2, 0.25) is 0 Å². The molecule has 0 aliphatic rings. The summed E-state index contributed by atoms with van der Waals surface area (Å²) in [7, 11) is 0. The first kappa shape index (κ1) is 9.21. The van der Waals surface area contributed by atoms with Gasteiger partial charge in [-0.25, -0.2) is 0 Å². The second-order valence-corrected chi connectivity index (χ2v) is 2.88. The lowest BCUT2D eigenvalue weighted by Crippen LogP contribution is -2.10. The Labute approximate surface area is 62.6 Å². The molecule has 10 heavy (non-hydrogen) atoms. The topological polar surface area (TPSA) is 49.9 Å². The highest BCUT2D eigenvalue weighted by atomic mass is 14.6. The van der Waals surface area contributed by atoms with Gasteiger partial charge in [0, 0.05) is 11.4 Å². The summed E-state index contributed by atoms with van der Waals surface area (Å²) in [6.07, 6.45) is 0. The summed E-state index contributed by atoms with van der Waals surface area (Å²) in [6.45, 7) is 7.70. The molecular formula is C8H16N2. The van der Waals surface area contributed by atoms with Crippen LogP contribution in [0.4, 0.5) is 0 Å². The SMILES string of the molecule is CC(=N)/C(=C(\C)N)C(C)C. The van der Waals surface area contributed by atoms with Crippen molar-refractivity contribution in [2.45, 2.75) is 27.7 Å². The van der Waals surface area contributed by atoms with Crippen molar-refractivity contribution in [1.29, 1.82) is 5.41 Å². The molecular weight excluding hydrogens is 124 g/mol. The maximum atomic E-state index is 7.37. The summed E-state index contributed by atoms with van der Waals surface area (Å²) in [6, 6.07) is 0. The summed E-state index contributed by atoms with van der Waals surface area (Å²) in [5, 5.41) is 7.37. The lowest BCUT2D eigenvalue weighted by molar-refractivity contribution is 0.786. The van der Waals surface area contributed by atoms with E-state index in [1.807, 2.05) is 20.8 Å². The standard InChI is InChI=1S/C8H16N2/c1-5(2)8(6(3)9)7(4)10/h5,9H,10H2,1-4H3/b8-7+,9-6?. The summed E-state index contributed by atoms with van der Waals surface area (Å²) in [5.74, 6) is 0.363. The quantitative estimate of drug-likeness (QED) is 0.565. The van der Waals surface area contributed by atoms with Crippen molar-refractivity contribution in [2.24, 2.45) is 11.7 Å². The van der Waals surface area contributed by atoms with Crippen LogP contribution in [0.1, 0.15) is 27.7 Å². The van der Waals surface area contributed by atoms with Gasteiger partial charge >= 0.3 is 0 Å². The van der Waals surface area contributed by atoms with Crippen LogP contribution in [-0.2, 0) is 0 Å². The van der Waals surface area contributed by atoms with Crippen LogP contribution in [0, 0.1) is 11.3 Å². The smallest absolute Gasteiger partial charge is 0.0334 e. The second-order valence-electron chi connectivity index (χ2n) is 2.88. The van der Waals surface area contributed by atoms with E-state index in [0.29, 0.717) is 11.6 Å². The Hall–Kier alpha value is -0.790. The molecule has 0 saturated carbocycles. The van der Waals surface area contributed by atoms with E-state index in [2.05, 4.69) is 0 Å². The van der Waals surface area contributed by atoms with Crippen LogP contribution in [0.2, 0.25) is 0 Å². The zero-order chi connectivity index (χ0) is 8.31. The van der Waals surface area contributed by atoms with Crippen molar-refractivity contribution >= 4 is 5.71 Å². The van der Waals surface area contributed by atoms with E-state index in [4.69, 9.17) is 11.1 Å². The highest BCUT2D eigenvalue weighted by Crippen LogP contribution is 2.12. The molecule has 0 aromatic carbocycles. The molecule has 0 heterocycles. The number of nitrogens with one attached hydrogen (secondary N) is 1. The van der Waals surface area contributed by atoms with Crippen LogP contribution in [0.5, 0.6) is 0 Å². The number of allylic oxidation sites excluding steroid dienone is 2. The summed E-state index contributed by atoms with van der Waals surface area (Å²) >= 11 is 0.